The Balaban J connectivity index is 1.39. The first kappa shape index (κ1) is 22.5. The molecule has 0 saturated carbocycles. The SMILES string of the molecule is CNC(=O)C1(Cc2ccc(-c3cccnc3)cc2)CCN(C(=O)COc2ccccc2)CC1. The van der Waals surface area contributed by atoms with Crippen LogP contribution >= 0.6 is 0 Å². The van der Waals surface area contributed by atoms with Gasteiger partial charge in [0, 0.05) is 32.5 Å². The maximum Gasteiger partial charge on any atom is 0.260 e. The molecule has 0 atom stereocenters. The Bertz CT molecular complexity index is 1060. The number of carbonyl (C=O) groups is 2. The zero-order valence-electron chi connectivity index (χ0n) is 18.9. The molecule has 0 unspecified atom stereocenters. The molecule has 0 aliphatic carbocycles. The summed E-state index contributed by atoms with van der Waals surface area (Å²) in [6, 6.07) is 21.6. The molecule has 6 nitrogen and oxygen atoms in total. The fourth-order valence-corrected chi connectivity index (χ4v) is 4.43. The molecule has 2 heterocycles. The average Bonchev–Trinajstić information content (AvgIpc) is 2.88. The minimum absolute atomic E-state index is 0.00674. The first-order chi connectivity index (χ1) is 16.1. The van der Waals surface area contributed by atoms with Gasteiger partial charge < -0.3 is 15.0 Å². The van der Waals surface area contributed by atoms with E-state index >= 15 is 0 Å². The van der Waals surface area contributed by atoms with Crippen molar-refractivity contribution in [2.45, 2.75) is 19.3 Å². The van der Waals surface area contributed by atoms with Crippen molar-refractivity contribution in [3.8, 4) is 16.9 Å². The van der Waals surface area contributed by atoms with Gasteiger partial charge in [0.15, 0.2) is 6.61 Å². The Morgan fingerprint density at radius 1 is 0.970 bits per heavy atom. The van der Waals surface area contributed by atoms with E-state index in [2.05, 4.69) is 34.6 Å². The summed E-state index contributed by atoms with van der Waals surface area (Å²) in [6.45, 7) is 1.09. The predicted octanol–water partition coefficient (Wildman–Crippen LogP) is 3.72. The molecule has 1 aromatic heterocycles. The monoisotopic (exact) mass is 443 g/mol. The fraction of sp³-hybridized carbons (Fsp3) is 0.296. The Labute approximate surface area is 194 Å². The van der Waals surface area contributed by atoms with Gasteiger partial charge in [-0.05, 0) is 54.2 Å². The third-order valence-electron chi connectivity index (χ3n) is 6.38. The van der Waals surface area contributed by atoms with Crippen molar-refractivity contribution in [2.24, 2.45) is 5.41 Å². The second-order valence-electron chi connectivity index (χ2n) is 8.46. The molecule has 2 aromatic carbocycles. The number of aromatic nitrogens is 1. The highest BCUT2D eigenvalue weighted by atomic mass is 16.5. The molecular weight excluding hydrogens is 414 g/mol. The molecule has 3 aromatic rings. The van der Waals surface area contributed by atoms with Crippen LogP contribution < -0.4 is 10.1 Å². The van der Waals surface area contributed by atoms with Gasteiger partial charge in [0.05, 0.1) is 5.41 Å². The highest BCUT2D eigenvalue weighted by Crippen LogP contribution is 2.36. The Kier molecular flexibility index (Phi) is 7.03. The molecule has 1 N–H and O–H groups in total. The molecule has 0 radical (unpaired) electrons. The van der Waals surface area contributed by atoms with Gasteiger partial charge in [0.2, 0.25) is 5.91 Å². The lowest BCUT2D eigenvalue weighted by Crippen LogP contribution is -2.51. The van der Waals surface area contributed by atoms with Crippen LogP contribution in [0.25, 0.3) is 11.1 Å². The molecule has 2 amide bonds. The van der Waals surface area contributed by atoms with Crippen LogP contribution in [0.15, 0.2) is 79.1 Å². The van der Waals surface area contributed by atoms with Crippen LogP contribution in [-0.4, -0.2) is 48.4 Å². The zero-order chi connectivity index (χ0) is 23.1. The topological polar surface area (TPSA) is 71.5 Å². The lowest BCUT2D eigenvalue weighted by molar-refractivity contribution is -0.141. The second-order valence-corrected chi connectivity index (χ2v) is 8.46. The number of pyridine rings is 1. The van der Waals surface area contributed by atoms with Crippen molar-refractivity contribution in [3.05, 3.63) is 84.7 Å². The van der Waals surface area contributed by atoms with Crippen molar-refractivity contribution in [3.63, 3.8) is 0 Å². The van der Waals surface area contributed by atoms with Gasteiger partial charge in [-0.1, -0.05) is 48.5 Å². The van der Waals surface area contributed by atoms with Gasteiger partial charge in [-0.15, -0.1) is 0 Å². The normalized spacial score (nSPS) is 15.0. The highest BCUT2D eigenvalue weighted by Gasteiger charge is 2.41. The van der Waals surface area contributed by atoms with Crippen LogP contribution in [0.4, 0.5) is 0 Å². The first-order valence-corrected chi connectivity index (χ1v) is 11.3. The molecule has 170 valence electrons. The standard InChI is InChI=1S/C27H29N3O3/c1-28-26(32)27(18-21-9-11-22(12-10-21)23-6-5-15-29-19-23)13-16-30(17-14-27)25(31)20-33-24-7-3-2-4-8-24/h2-12,15,19H,13-14,16-18,20H2,1H3,(H,28,32). The minimum Gasteiger partial charge on any atom is -0.484 e. The van der Waals surface area contributed by atoms with Gasteiger partial charge in [-0.25, -0.2) is 0 Å². The number of nitrogens with zero attached hydrogens (tertiary/aromatic N) is 2. The third kappa shape index (κ3) is 5.40. The molecule has 0 spiro atoms. The van der Waals surface area contributed by atoms with E-state index in [9.17, 15) is 9.59 Å². The molecule has 1 aliphatic rings. The van der Waals surface area contributed by atoms with E-state index in [1.807, 2.05) is 48.7 Å². The van der Waals surface area contributed by atoms with Crippen molar-refractivity contribution in [1.29, 1.82) is 0 Å². The first-order valence-electron chi connectivity index (χ1n) is 11.3. The minimum atomic E-state index is -0.526. The quantitative estimate of drug-likeness (QED) is 0.604. The number of amides is 2. The number of carbonyl (C=O) groups excluding carboxylic acids is 2. The maximum atomic E-state index is 12.9. The number of piperidine rings is 1. The smallest absolute Gasteiger partial charge is 0.260 e. The largest absolute Gasteiger partial charge is 0.484 e. The van der Waals surface area contributed by atoms with E-state index in [0.717, 1.165) is 16.7 Å². The van der Waals surface area contributed by atoms with Crippen LogP contribution in [-0.2, 0) is 16.0 Å². The van der Waals surface area contributed by atoms with Crippen LogP contribution in [0.2, 0.25) is 0 Å². The van der Waals surface area contributed by atoms with Gasteiger partial charge >= 0.3 is 0 Å². The van der Waals surface area contributed by atoms with Crippen molar-refractivity contribution >= 4 is 11.8 Å². The van der Waals surface area contributed by atoms with Crippen molar-refractivity contribution < 1.29 is 14.3 Å². The Morgan fingerprint density at radius 2 is 1.70 bits per heavy atom. The number of hydrogen-bond donors (Lipinski definition) is 1. The van der Waals surface area contributed by atoms with E-state index in [-0.39, 0.29) is 18.4 Å². The van der Waals surface area contributed by atoms with Crippen molar-refractivity contribution in [2.75, 3.05) is 26.7 Å². The van der Waals surface area contributed by atoms with Crippen LogP contribution in [0.1, 0.15) is 18.4 Å². The summed E-state index contributed by atoms with van der Waals surface area (Å²) < 4.78 is 5.61. The summed E-state index contributed by atoms with van der Waals surface area (Å²) >= 11 is 0. The lowest BCUT2D eigenvalue weighted by atomic mass is 9.73. The second kappa shape index (κ2) is 10.3. The van der Waals surface area contributed by atoms with Gasteiger partial charge in [-0.2, -0.15) is 0 Å². The van der Waals surface area contributed by atoms with E-state index in [1.54, 1.807) is 18.1 Å². The van der Waals surface area contributed by atoms with Crippen LogP contribution in [0, 0.1) is 5.41 Å². The number of benzene rings is 2. The number of likely N-dealkylation sites (tertiary alicyclic amines) is 1. The number of para-hydroxylation sites is 1. The van der Waals surface area contributed by atoms with E-state index in [0.29, 0.717) is 38.1 Å². The molecule has 1 aliphatic heterocycles. The predicted molar refractivity (Wildman–Crippen MR) is 128 cm³/mol. The Hall–Kier alpha value is -3.67. The molecule has 6 heteroatoms. The Morgan fingerprint density at radius 3 is 2.33 bits per heavy atom. The summed E-state index contributed by atoms with van der Waals surface area (Å²) in [7, 11) is 1.68. The fourth-order valence-electron chi connectivity index (χ4n) is 4.43. The molecule has 33 heavy (non-hydrogen) atoms. The maximum absolute atomic E-state index is 12.9. The number of nitrogens with one attached hydrogen (secondary N) is 1. The van der Waals surface area contributed by atoms with Gasteiger partial charge in [0.1, 0.15) is 5.75 Å². The molecule has 4 rings (SSSR count). The van der Waals surface area contributed by atoms with Crippen LogP contribution in [0.5, 0.6) is 5.75 Å². The number of rotatable bonds is 7. The molecule has 1 fully saturated rings. The summed E-state index contributed by atoms with van der Waals surface area (Å²) in [5.74, 6) is 0.661. The summed E-state index contributed by atoms with van der Waals surface area (Å²) in [6.07, 6.45) is 5.48. The summed E-state index contributed by atoms with van der Waals surface area (Å²) in [5.41, 5.74) is 2.74. The van der Waals surface area contributed by atoms with Gasteiger partial charge in [-0.3, -0.25) is 14.6 Å². The summed E-state index contributed by atoms with van der Waals surface area (Å²) in [4.78, 5) is 31.6. The molecular formula is C27H29N3O3. The number of hydrogen-bond acceptors (Lipinski definition) is 4. The molecule has 1 saturated heterocycles. The zero-order valence-corrected chi connectivity index (χ0v) is 18.9. The van der Waals surface area contributed by atoms with Crippen molar-refractivity contribution in [1.82, 2.24) is 15.2 Å². The van der Waals surface area contributed by atoms with E-state index < -0.39 is 5.41 Å². The third-order valence-corrected chi connectivity index (χ3v) is 6.38. The lowest BCUT2D eigenvalue weighted by Gasteiger charge is -2.40. The van der Waals surface area contributed by atoms with E-state index in [4.69, 9.17) is 4.74 Å². The summed E-state index contributed by atoms with van der Waals surface area (Å²) in [5, 5.41) is 2.85. The van der Waals surface area contributed by atoms with Gasteiger partial charge in [0.25, 0.3) is 5.91 Å². The average molecular weight is 444 g/mol. The highest BCUT2D eigenvalue weighted by molar-refractivity contribution is 5.84. The number of ether oxygens (including phenoxy) is 1. The molecule has 0 bridgehead atoms. The van der Waals surface area contributed by atoms with E-state index in [1.165, 1.54) is 0 Å². The van der Waals surface area contributed by atoms with Crippen LogP contribution in [0.3, 0.4) is 0 Å².